The molecule has 1 N–H and O–H groups in total. The molecule has 1 aliphatic rings. The van der Waals surface area contributed by atoms with Crippen LogP contribution in [0.5, 0.6) is 0 Å². The summed E-state index contributed by atoms with van der Waals surface area (Å²) in [5.74, 6) is -0.203. The summed E-state index contributed by atoms with van der Waals surface area (Å²) in [6.45, 7) is 4.62. The predicted octanol–water partition coefficient (Wildman–Crippen LogP) is 2.52. The number of benzene rings is 1. The van der Waals surface area contributed by atoms with Crippen LogP contribution in [-0.2, 0) is 10.0 Å². The number of hydrogen-bond acceptors (Lipinski definition) is 6. The molecule has 1 atom stereocenters. The molecular formula is C18H24N4O3S2. The lowest BCUT2D eigenvalue weighted by atomic mass is 10.0. The van der Waals surface area contributed by atoms with E-state index in [1.54, 1.807) is 23.4 Å². The van der Waals surface area contributed by atoms with Crippen molar-refractivity contribution >= 4 is 27.5 Å². The van der Waals surface area contributed by atoms with E-state index in [1.807, 2.05) is 19.1 Å². The molecule has 7 nitrogen and oxygen atoms in total. The third-order valence-electron chi connectivity index (χ3n) is 4.82. The Morgan fingerprint density at radius 2 is 2.00 bits per heavy atom. The van der Waals surface area contributed by atoms with Crippen molar-refractivity contribution in [3.05, 3.63) is 40.4 Å². The van der Waals surface area contributed by atoms with Crippen LogP contribution in [0.4, 0.5) is 0 Å². The maximum Gasteiger partial charge on any atom is 0.264 e. The summed E-state index contributed by atoms with van der Waals surface area (Å²) >= 11 is 1.07. The number of piperidine rings is 1. The van der Waals surface area contributed by atoms with Gasteiger partial charge in [-0.25, -0.2) is 8.42 Å². The fraction of sp³-hybridized carbons (Fsp3) is 0.500. The Morgan fingerprint density at radius 3 is 2.67 bits per heavy atom. The molecule has 0 unspecified atom stereocenters. The first-order valence-electron chi connectivity index (χ1n) is 9.05. The lowest BCUT2D eigenvalue weighted by molar-refractivity contribution is 0.0953. The molecule has 146 valence electrons. The van der Waals surface area contributed by atoms with Crippen LogP contribution < -0.4 is 5.32 Å². The minimum absolute atomic E-state index is 0.106. The van der Waals surface area contributed by atoms with Gasteiger partial charge < -0.3 is 5.32 Å². The van der Waals surface area contributed by atoms with E-state index >= 15 is 0 Å². The van der Waals surface area contributed by atoms with E-state index in [1.165, 1.54) is 0 Å². The summed E-state index contributed by atoms with van der Waals surface area (Å²) in [6.07, 6.45) is 3.25. The maximum absolute atomic E-state index is 13.1. The first-order chi connectivity index (χ1) is 12.9. The smallest absolute Gasteiger partial charge is 0.264 e. The van der Waals surface area contributed by atoms with Gasteiger partial charge in [-0.05, 0) is 56.8 Å². The Morgan fingerprint density at radius 1 is 1.26 bits per heavy atom. The topological polar surface area (TPSA) is 92.3 Å². The van der Waals surface area contributed by atoms with E-state index in [0.29, 0.717) is 35.0 Å². The van der Waals surface area contributed by atoms with Crippen LogP contribution in [0, 0.1) is 13.8 Å². The fourth-order valence-electron chi connectivity index (χ4n) is 3.30. The second kappa shape index (κ2) is 8.45. The molecule has 1 aliphatic heterocycles. The molecule has 3 rings (SSSR count). The minimum Gasteiger partial charge on any atom is -0.351 e. The van der Waals surface area contributed by atoms with Gasteiger partial charge in [0, 0.05) is 19.1 Å². The molecular weight excluding hydrogens is 384 g/mol. The highest BCUT2D eigenvalue weighted by Gasteiger charge is 2.33. The van der Waals surface area contributed by atoms with E-state index < -0.39 is 10.0 Å². The summed E-state index contributed by atoms with van der Waals surface area (Å²) < 4.78 is 31.5. The Kier molecular flexibility index (Phi) is 6.23. The van der Waals surface area contributed by atoms with Gasteiger partial charge in [-0.15, -0.1) is 5.10 Å². The number of rotatable bonds is 6. The highest BCUT2D eigenvalue weighted by molar-refractivity contribution is 7.89. The van der Waals surface area contributed by atoms with Gasteiger partial charge in [0.25, 0.3) is 5.91 Å². The van der Waals surface area contributed by atoms with Crippen LogP contribution in [0.3, 0.4) is 0 Å². The van der Waals surface area contributed by atoms with Crippen molar-refractivity contribution in [2.24, 2.45) is 0 Å². The average molecular weight is 409 g/mol. The number of hydrogen-bond donors (Lipinski definition) is 1. The van der Waals surface area contributed by atoms with Crippen LogP contribution in [0.25, 0.3) is 0 Å². The molecule has 0 radical (unpaired) electrons. The Labute approximate surface area is 164 Å². The average Bonchev–Trinajstić information content (AvgIpc) is 3.08. The predicted molar refractivity (Wildman–Crippen MR) is 104 cm³/mol. The highest BCUT2D eigenvalue weighted by atomic mass is 32.2. The summed E-state index contributed by atoms with van der Waals surface area (Å²) in [7, 11) is -3.53. The lowest BCUT2D eigenvalue weighted by Gasteiger charge is -2.34. The number of carbonyl (C=O) groups is 1. The molecule has 1 fully saturated rings. The van der Waals surface area contributed by atoms with Crippen molar-refractivity contribution in [3.63, 3.8) is 0 Å². The Balaban J connectivity index is 1.66. The quantitative estimate of drug-likeness (QED) is 0.793. The number of aryl methyl sites for hydroxylation is 2. The molecule has 1 aromatic heterocycles. The Bertz CT molecular complexity index is 894. The standard InChI is InChI=1S/C18H24N4O3S2/c1-13-6-8-16(9-7-13)27(24,25)22-12-4-3-5-15(22)10-11-19-18(23)17-14(2)20-21-26-17/h6-9,15H,3-5,10-12H2,1-2H3,(H,19,23)/t15-/m0/s1. The molecule has 1 saturated heterocycles. The number of sulfonamides is 1. The lowest BCUT2D eigenvalue weighted by Crippen LogP contribution is -2.45. The second-order valence-electron chi connectivity index (χ2n) is 6.81. The van der Waals surface area contributed by atoms with Gasteiger partial charge in [-0.2, -0.15) is 4.31 Å². The first-order valence-corrected chi connectivity index (χ1v) is 11.3. The van der Waals surface area contributed by atoms with Gasteiger partial charge in [0.15, 0.2) is 0 Å². The fourth-order valence-corrected chi connectivity index (χ4v) is 5.59. The van der Waals surface area contributed by atoms with Gasteiger partial charge in [0.05, 0.1) is 10.6 Å². The summed E-state index contributed by atoms with van der Waals surface area (Å²) in [5, 5.41) is 6.70. The number of nitrogens with one attached hydrogen (secondary N) is 1. The summed E-state index contributed by atoms with van der Waals surface area (Å²) in [4.78, 5) is 13.0. The van der Waals surface area contributed by atoms with Gasteiger partial charge in [0.1, 0.15) is 4.88 Å². The van der Waals surface area contributed by atoms with E-state index in [2.05, 4.69) is 14.9 Å². The zero-order chi connectivity index (χ0) is 19.4. The SMILES string of the molecule is Cc1ccc(S(=O)(=O)N2CCCC[C@H]2CCNC(=O)c2snnc2C)cc1. The molecule has 1 aromatic carbocycles. The van der Waals surface area contributed by atoms with Gasteiger partial charge in [-0.3, -0.25) is 4.79 Å². The third-order valence-corrected chi connectivity index (χ3v) is 7.61. The minimum atomic E-state index is -3.53. The summed E-state index contributed by atoms with van der Waals surface area (Å²) in [5.41, 5.74) is 1.64. The largest absolute Gasteiger partial charge is 0.351 e. The molecule has 0 saturated carbocycles. The van der Waals surface area contributed by atoms with E-state index in [9.17, 15) is 13.2 Å². The first kappa shape index (κ1) is 19.9. The van der Waals surface area contributed by atoms with Crippen molar-refractivity contribution in [2.75, 3.05) is 13.1 Å². The van der Waals surface area contributed by atoms with E-state index in [-0.39, 0.29) is 11.9 Å². The zero-order valence-electron chi connectivity index (χ0n) is 15.5. The second-order valence-corrected chi connectivity index (χ2v) is 9.46. The van der Waals surface area contributed by atoms with Crippen molar-refractivity contribution in [1.29, 1.82) is 0 Å². The number of amides is 1. The monoisotopic (exact) mass is 408 g/mol. The van der Waals surface area contributed by atoms with Crippen molar-refractivity contribution in [3.8, 4) is 0 Å². The third kappa shape index (κ3) is 4.53. The zero-order valence-corrected chi connectivity index (χ0v) is 17.1. The molecule has 0 spiro atoms. The molecule has 0 aliphatic carbocycles. The normalized spacial score (nSPS) is 18.4. The van der Waals surface area contributed by atoms with Crippen LogP contribution in [0.15, 0.2) is 29.2 Å². The summed E-state index contributed by atoms with van der Waals surface area (Å²) in [6, 6.07) is 6.86. The van der Waals surface area contributed by atoms with E-state index in [0.717, 1.165) is 36.4 Å². The van der Waals surface area contributed by atoms with Crippen molar-refractivity contribution < 1.29 is 13.2 Å². The van der Waals surface area contributed by atoms with Crippen molar-refractivity contribution in [2.45, 2.75) is 50.5 Å². The van der Waals surface area contributed by atoms with Crippen LogP contribution >= 0.6 is 11.5 Å². The molecule has 2 aromatic rings. The van der Waals surface area contributed by atoms with Gasteiger partial charge in [0.2, 0.25) is 10.0 Å². The number of nitrogens with zero attached hydrogens (tertiary/aromatic N) is 3. The highest BCUT2D eigenvalue weighted by Crippen LogP contribution is 2.27. The molecule has 27 heavy (non-hydrogen) atoms. The van der Waals surface area contributed by atoms with Crippen molar-refractivity contribution in [1.82, 2.24) is 19.2 Å². The number of carbonyl (C=O) groups excluding carboxylic acids is 1. The molecule has 9 heteroatoms. The maximum atomic E-state index is 13.1. The van der Waals surface area contributed by atoms with E-state index in [4.69, 9.17) is 0 Å². The molecule has 1 amide bonds. The van der Waals surface area contributed by atoms with Crippen LogP contribution in [0.2, 0.25) is 0 Å². The van der Waals surface area contributed by atoms with Gasteiger partial charge in [-0.1, -0.05) is 28.6 Å². The van der Waals surface area contributed by atoms with Gasteiger partial charge >= 0.3 is 0 Å². The molecule has 2 heterocycles. The van der Waals surface area contributed by atoms with Crippen LogP contribution in [-0.4, -0.2) is 47.3 Å². The van der Waals surface area contributed by atoms with Crippen LogP contribution in [0.1, 0.15) is 46.6 Å². The number of aromatic nitrogens is 2. The molecule has 0 bridgehead atoms. The Hall–Kier alpha value is -1.84.